The van der Waals surface area contributed by atoms with Gasteiger partial charge in [0.2, 0.25) is 0 Å². The zero-order valence-electron chi connectivity index (χ0n) is 19.5. The molecule has 182 valence electrons. The number of ether oxygens (including phenoxy) is 2. The van der Waals surface area contributed by atoms with E-state index >= 15 is 0 Å². The van der Waals surface area contributed by atoms with Crippen LogP contribution in [-0.4, -0.2) is 55.7 Å². The molecule has 1 saturated heterocycles. The van der Waals surface area contributed by atoms with Crippen LogP contribution in [0.3, 0.4) is 0 Å². The minimum atomic E-state index is -0.478. The van der Waals surface area contributed by atoms with Crippen molar-refractivity contribution >= 4 is 36.5 Å². The van der Waals surface area contributed by atoms with Gasteiger partial charge in [-0.05, 0) is 75.0 Å². The molecule has 1 fully saturated rings. The molecule has 4 rings (SSSR count). The molecule has 0 N–H and O–H groups in total. The van der Waals surface area contributed by atoms with Gasteiger partial charge in [-0.2, -0.15) is 0 Å². The first-order valence-corrected chi connectivity index (χ1v) is 11.3. The SMILES string of the molecule is CCOC(=O)C1(CCOc2ccc3c(c2)CN(C)CC3)CCN(c2ccncc2)CC1.Cl.Cl. The first-order valence-electron chi connectivity index (χ1n) is 11.3. The van der Waals surface area contributed by atoms with Crippen LogP contribution in [0, 0.1) is 5.41 Å². The third-order valence-electron chi connectivity index (χ3n) is 6.69. The summed E-state index contributed by atoms with van der Waals surface area (Å²) < 4.78 is 11.6. The monoisotopic (exact) mass is 495 g/mol. The molecule has 1 aromatic heterocycles. The fraction of sp³-hybridized carbons (Fsp3) is 0.520. The minimum Gasteiger partial charge on any atom is -0.494 e. The molecule has 2 aromatic rings. The normalized spacial score (nSPS) is 17.2. The lowest BCUT2D eigenvalue weighted by Crippen LogP contribution is -2.46. The molecule has 1 aromatic carbocycles. The van der Waals surface area contributed by atoms with E-state index in [0.717, 1.165) is 56.9 Å². The fourth-order valence-corrected chi connectivity index (χ4v) is 4.72. The smallest absolute Gasteiger partial charge is 0.312 e. The maximum atomic E-state index is 12.9. The number of esters is 1. The van der Waals surface area contributed by atoms with E-state index in [1.54, 1.807) is 0 Å². The number of fused-ring (bicyclic) bond motifs is 1. The van der Waals surface area contributed by atoms with E-state index in [-0.39, 0.29) is 30.8 Å². The van der Waals surface area contributed by atoms with E-state index in [1.807, 2.05) is 31.5 Å². The highest BCUT2D eigenvalue weighted by Gasteiger charge is 2.42. The molecule has 2 aliphatic rings. The van der Waals surface area contributed by atoms with E-state index in [1.165, 1.54) is 11.1 Å². The first-order chi connectivity index (χ1) is 15.1. The predicted octanol–water partition coefficient (Wildman–Crippen LogP) is 4.53. The summed E-state index contributed by atoms with van der Waals surface area (Å²) in [5, 5.41) is 0. The first kappa shape index (κ1) is 27.2. The fourth-order valence-electron chi connectivity index (χ4n) is 4.72. The van der Waals surface area contributed by atoms with Crippen molar-refractivity contribution in [3.05, 3.63) is 53.9 Å². The number of carbonyl (C=O) groups excluding carboxylic acids is 1. The number of benzene rings is 1. The Labute approximate surface area is 209 Å². The van der Waals surface area contributed by atoms with Gasteiger partial charge in [-0.25, -0.2) is 0 Å². The summed E-state index contributed by atoms with van der Waals surface area (Å²) in [5.74, 6) is 0.808. The average Bonchev–Trinajstić information content (AvgIpc) is 2.80. The summed E-state index contributed by atoms with van der Waals surface area (Å²) in [6.45, 7) is 6.52. The van der Waals surface area contributed by atoms with Crippen LogP contribution in [0.1, 0.15) is 37.3 Å². The van der Waals surface area contributed by atoms with Crippen LogP contribution in [0.15, 0.2) is 42.7 Å². The largest absolute Gasteiger partial charge is 0.494 e. The van der Waals surface area contributed by atoms with Gasteiger partial charge in [-0.15, -0.1) is 24.8 Å². The summed E-state index contributed by atoms with van der Waals surface area (Å²) in [5.41, 5.74) is 3.44. The zero-order chi connectivity index (χ0) is 21.7. The lowest BCUT2D eigenvalue weighted by molar-refractivity contribution is -0.157. The van der Waals surface area contributed by atoms with Crippen LogP contribution in [-0.2, 0) is 22.5 Å². The molecule has 8 heteroatoms. The Hall–Kier alpha value is -2.02. The van der Waals surface area contributed by atoms with E-state index < -0.39 is 5.41 Å². The molecular formula is C25H35Cl2N3O3. The number of hydrogen-bond donors (Lipinski definition) is 0. The third kappa shape index (κ3) is 6.52. The average molecular weight is 496 g/mol. The number of rotatable bonds is 7. The maximum absolute atomic E-state index is 12.9. The second-order valence-electron chi connectivity index (χ2n) is 8.71. The molecule has 0 unspecified atom stereocenters. The summed E-state index contributed by atoms with van der Waals surface area (Å²) in [6, 6.07) is 10.5. The molecule has 0 bridgehead atoms. The quantitative estimate of drug-likeness (QED) is 0.525. The van der Waals surface area contributed by atoms with Gasteiger partial charge in [0.15, 0.2) is 0 Å². The van der Waals surface area contributed by atoms with Crippen LogP contribution < -0.4 is 9.64 Å². The van der Waals surface area contributed by atoms with Crippen molar-refractivity contribution in [1.29, 1.82) is 0 Å². The molecule has 0 spiro atoms. The lowest BCUT2D eigenvalue weighted by atomic mass is 9.75. The van der Waals surface area contributed by atoms with Crippen molar-refractivity contribution in [3.8, 4) is 5.75 Å². The second-order valence-corrected chi connectivity index (χ2v) is 8.71. The number of carbonyl (C=O) groups is 1. The number of likely N-dealkylation sites (N-methyl/N-ethyl adjacent to an activating group) is 1. The summed E-state index contributed by atoms with van der Waals surface area (Å²) in [4.78, 5) is 21.7. The molecular weight excluding hydrogens is 461 g/mol. The number of piperidine rings is 1. The molecule has 2 aliphatic heterocycles. The second kappa shape index (κ2) is 12.4. The molecule has 0 radical (unpaired) electrons. The van der Waals surface area contributed by atoms with Crippen molar-refractivity contribution in [1.82, 2.24) is 9.88 Å². The van der Waals surface area contributed by atoms with Crippen LogP contribution in [0.5, 0.6) is 5.75 Å². The molecule has 3 heterocycles. The van der Waals surface area contributed by atoms with Crippen LogP contribution in [0.2, 0.25) is 0 Å². The van der Waals surface area contributed by atoms with Crippen molar-refractivity contribution in [3.63, 3.8) is 0 Å². The molecule has 33 heavy (non-hydrogen) atoms. The third-order valence-corrected chi connectivity index (χ3v) is 6.69. The summed E-state index contributed by atoms with van der Waals surface area (Å²) >= 11 is 0. The van der Waals surface area contributed by atoms with E-state index in [2.05, 4.69) is 40.0 Å². The van der Waals surface area contributed by atoms with Crippen molar-refractivity contribution in [2.24, 2.45) is 5.41 Å². The van der Waals surface area contributed by atoms with Crippen molar-refractivity contribution in [2.45, 2.75) is 39.2 Å². The van der Waals surface area contributed by atoms with Crippen LogP contribution >= 0.6 is 24.8 Å². The van der Waals surface area contributed by atoms with Crippen LogP contribution in [0.4, 0.5) is 5.69 Å². The highest BCUT2D eigenvalue weighted by molar-refractivity contribution is 5.85. The van der Waals surface area contributed by atoms with E-state index in [9.17, 15) is 4.79 Å². The van der Waals surface area contributed by atoms with Gasteiger partial charge in [-0.3, -0.25) is 9.78 Å². The number of pyridine rings is 1. The van der Waals surface area contributed by atoms with Gasteiger partial charge in [0.25, 0.3) is 0 Å². The Morgan fingerprint density at radius 2 is 1.79 bits per heavy atom. The minimum absolute atomic E-state index is 0. The molecule has 0 saturated carbocycles. The number of aromatic nitrogens is 1. The van der Waals surface area contributed by atoms with Gasteiger partial charge in [0.05, 0.1) is 18.6 Å². The number of anilines is 1. The van der Waals surface area contributed by atoms with Crippen molar-refractivity contribution < 1.29 is 14.3 Å². The molecule has 0 aliphatic carbocycles. The standard InChI is InChI=1S/C25H33N3O3.2ClH/c1-3-30-24(29)25(9-15-28(16-10-25)22-6-12-26-13-7-22)11-17-31-23-5-4-20-8-14-27(2)19-21(20)18-23;;/h4-7,12-13,18H,3,8-11,14-17,19H2,1-2H3;2*1H. The van der Waals surface area contributed by atoms with Gasteiger partial charge in [0, 0.05) is 44.3 Å². The summed E-state index contributed by atoms with van der Waals surface area (Å²) in [7, 11) is 2.15. The number of halogens is 2. The Kier molecular flexibility index (Phi) is 10.3. The predicted molar refractivity (Wildman–Crippen MR) is 136 cm³/mol. The zero-order valence-corrected chi connectivity index (χ0v) is 21.1. The van der Waals surface area contributed by atoms with Gasteiger partial charge >= 0.3 is 5.97 Å². The Morgan fingerprint density at radius 1 is 1.06 bits per heavy atom. The van der Waals surface area contributed by atoms with Crippen molar-refractivity contribution in [2.75, 3.05) is 44.8 Å². The Bertz CT molecular complexity index is 890. The molecule has 6 nitrogen and oxygen atoms in total. The molecule has 0 amide bonds. The number of hydrogen-bond acceptors (Lipinski definition) is 6. The highest BCUT2D eigenvalue weighted by atomic mass is 35.5. The van der Waals surface area contributed by atoms with Gasteiger partial charge in [0.1, 0.15) is 5.75 Å². The van der Waals surface area contributed by atoms with E-state index in [4.69, 9.17) is 9.47 Å². The maximum Gasteiger partial charge on any atom is 0.312 e. The number of nitrogens with zero attached hydrogens (tertiary/aromatic N) is 3. The van der Waals surface area contributed by atoms with Crippen LogP contribution in [0.25, 0.3) is 0 Å². The summed E-state index contributed by atoms with van der Waals surface area (Å²) in [6.07, 6.45) is 6.93. The Balaban J connectivity index is 0.00000193. The molecule has 0 atom stereocenters. The Morgan fingerprint density at radius 3 is 2.48 bits per heavy atom. The lowest BCUT2D eigenvalue weighted by Gasteiger charge is -2.40. The van der Waals surface area contributed by atoms with Gasteiger partial charge in [-0.1, -0.05) is 6.07 Å². The van der Waals surface area contributed by atoms with E-state index in [0.29, 0.717) is 19.6 Å². The highest BCUT2D eigenvalue weighted by Crippen LogP contribution is 2.38. The van der Waals surface area contributed by atoms with Gasteiger partial charge < -0.3 is 19.3 Å². The topological polar surface area (TPSA) is 54.9 Å².